The lowest BCUT2D eigenvalue weighted by Gasteiger charge is -2.46. The number of hydrogen-bond acceptors (Lipinski definition) is 4. The predicted octanol–water partition coefficient (Wildman–Crippen LogP) is 3.68. The number of hydrogen-bond donors (Lipinski definition) is 0. The average Bonchev–Trinajstić information content (AvgIpc) is 2.60. The first kappa shape index (κ1) is 19.6. The summed E-state index contributed by atoms with van der Waals surface area (Å²) in [6.45, 7) is 17.6. The van der Waals surface area contributed by atoms with E-state index in [0.29, 0.717) is 31.8 Å². The third kappa shape index (κ3) is 4.23. The van der Waals surface area contributed by atoms with E-state index >= 15 is 0 Å². The first-order valence-corrected chi connectivity index (χ1v) is 9.19. The Morgan fingerprint density at radius 3 is 2.74 bits per heavy atom. The van der Waals surface area contributed by atoms with Gasteiger partial charge in [0.25, 0.3) is 0 Å². The number of carbonyl (C=O) groups is 1. The molecule has 2 fully saturated rings. The van der Waals surface area contributed by atoms with Crippen LogP contribution in [-0.2, 0) is 9.47 Å². The van der Waals surface area contributed by atoms with Gasteiger partial charge in [-0.25, -0.2) is 14.0 Å². The fraction of sp³-hybridized carbons (Fsp3) is 0.600. The largest absolute Gasteiger partial charge is 0.444 e. The summed E-state index contributed by atoms with van der Waals surface area (Å²) in [6.07, 6.45) is -0.490. The number of morpholine rings is 1. The lowest BCUT2D eigenvalue weighted by atomic mass is 9.98. The van der Waals surface area contributed by atoms with Crippen molar-refractivity contribution in [3.63, 3.8) is 0 Å². The van der Waals surface area contributed by atoms with Gasteiger partial charge in [-0.1, -0.05) is 6.07 Å². The smallest absolute Gasteiger partial charge is 0.410 e. The van der Waals surface area contributed by atoms with Gasteiger partial charge in [-0.3, -0.25) is 4.90 Å². The highest BCUT2D eigenvalue weighted by Gasteiger charge is 2.37. The van der Waals surface area contributed by atoms with Crippen molar-refractivity contribution in [2.24, 2.45) is 0 Å². The van der Waals surface area contributed by atoms with E-state index in [1.165, 1.54) is 6.07 Å². The highest BCUT2D eigenvalue weighted by atomic mass is 19.1. The van der Waals surface area contributed by atoms with Crippen LogP contribution in [0.15, 0.2) is 12.1 Å². The third-order valence-corrected chi connectivity index (χ3v) is 5.03. The second-order valence-corrected chi connectivity index (χ2v) is 8.12. The molecule has 0 unspecified atom stereocenters. The SMILES string of the molecule is [C-]#[N+]c1c(F)ccc([C@@H]2CN3CCN(C(=O)OC(C)(C)C)C[C@@H]3CO2)c1C. The summed E-state index contributed by atoms with van der Waals surface area (Å²) in [7, 11) is 0. The fourth-order valence-corrected chi connectivity index (χ4v) is 3.63. The highest BCUT2D eigenvalue weighted by Crippen LogP contribution is 2.34. The van der Waals surface area contributed by atoms with Crippen LogP contribution in [0.25, 0.3) is 4.85 Å². The van der Waals surface area contributed by atoms with Gasteiger partial charge in [-0.2, -0.15) is 0 Å². The Bertz CT molecular complexity index is 769. The Kier molecular flexibility index (Phi) is 5.41. The van der Waals surface area contributed by atoms with E-state index in [4.69, 9.17) is 16.0 Å². The Labute approximate surface area is 159 Å². The minimum absolute atomic E-state index is 0.0629. The number of amides is 1. The normalized spacial score (nSPS) is 23.5. The van der Waals surface area contributed by atoms with Crippen molar-refractivity contribution in [3.05, 3.63) is 40.5 Å². The van der Waals surface area contributed by atoms with Crippen molar-refractivity contribution in [1.82, 2.24) is 9.80 Å². The number of piperazine rings is 1. The molecule has 146 valence electrons. The standard InChI is InChI=1S/C20H26FN3O3/c1-13-15(6-7-16(21)18(13)22-5)17-11-23-8-9-24(10-14(23)12-26-17)19(25)27-20(2,3)4/h6-7,14,17H,8-12H2,1-4H3/t14-,17+/m1/s1. The molecular weight excluding hydrogens is 349 g/mol. The van der Waals surface area contributed by atoms with Crippen LogP contribution in [0.5, 0.6) is 0 Å². The van der Waals surface area contributed by atoms with Crippen LogP contribution in [0.3, 0.4) is 0 Å². The number of benzene rings is 1. The summed E-state index contributed by atoms with van der Waals surface area (Å²) in [6, 6.07) is 3.16. The molecule has 2 saturated heterocycles. The molecule has 1 amide bonds. The second-order valence-electron chi connectivity index (χ2n) is 8.12. The van der Waals surface area contributed by atoms with Crippen LogP contribution in [0.4, 0.5) is 14.9 Å². The zero-order chi connectivity index (χ0) is 19.8. The molecule has 7 heteroatoms. The number of rotatable bonds is 1. The fourth-order valence-electron chi connectivity index (χ4n) is 3.63. The van der Waals surface area contributed by atoms with Crippen LogP contribution in [-0.4, -0.2) is 60.3 Å². The maximum absolute atomic E-state index is 13.8. The van der Waals surface area contributed by atoms with Crippen LogP contribution in [0.1, 0.15) is 38.0 Å². The van der Waals surface area contributed by atoms with E-state index in [2.05, 4.69) is 9.74 Å². The maximum Gasteiger partial charge on any atom is 0.410 e. The zero-order valence-corrected chi connectivity index (χ0v) is 16.3. The molecule has 0 spiro atoms. The topological polar surface area (TPSA) is 46.4 Å². The number of fused-ring (bicyclic) bond motifs is 1. The van der Waals surface area contributed by atoms with Crippen LogP contribution < -0.4 is 0 Å². The molecule has 0 aromatic heterocycles. The van der Waals surface area contributed by atoms with Gasteiger partial charge in [-0.05, 0) is 44.9 Å². The van der Waals surface area contributed by atoms with E-state index in [1.807, 2.05) is 20.8 Å². The molecule has 1 aromatic rings. The van der Waals surface area contributed by atoms with Crippen molar-refractivity contribution in [2.45, 2.75) is 45.4 Å². The molecule has 2 heterocycles. The maximum atomic E-state index is 13.8. The molecule has 0 bridgehead atoms. The first-order valence-electron chi connectivity index (χ1n) is 9.19. The monoisotopic (exact) mass is 375 g/mol. The van der Waals surface area contributed by atoms with Gasteiger partial charge >= 0.3 is 6.09 Å². The first-order chi connectivity index (χ1) is 12.7. The molecule has 1 aromatic carbocycles. The van der Waals surface area contributed by atoms with E-state index in [-0.39, 0.29) is 23.9 Å². The summed E-state index contributed by atoms with van der Waals surface area (Å²) in [5.41, 5.74) is 1.05. The van der Waals surface area contributed by atoms with Gasteiger partial charge in [0.05, 0.1) is 25.3 Å². The minimum atomic E-state index is -0.511. The minimum Gasteiger partial charge on any atom is -0.444 e. The highest BCUT2D eigenvalue weighted by molar-refractivity contribution is 5.68. The Hall–Kier alpha value is -2.17. The van der Waals surface area contributed by atoms with Crippen molar-refractivity contribution in [2.75, 3.05) is 32.8 Å². The number of halogens is 1. The number of ether oxygens (including phenoxy) is 2. The summed E-state index contributed by atoms with van der Waals surface area (Å²) in [5, 5.41) is 0. The summed E-state index contributed by atoms with van der Waals surface area (Å²) >= 11 is 0. The molecule has 0 saturated carbocycles. The lowest BCUT2D eigenvalue weighted by molar-refractivity contribution is -0.0908. The molecule has 0 aliphatic carbocycles. The second kappa shape index (κ2) is 7.45. The van der Waals surface area contributed by atoms with E-state index in [1.54, 1.807) is 17.9 Å². The lowest BCUT2D eigenvalue weighted by Crippen LogP contribution is -2.60. The van der Waals surface area contributed by atoms with Crippen LogP contribution >= 0.6 is 0 Å². The van der Waals surface area contributed by atoms with E-state index < -0.39 is 11.4 Å². The van der Waals surface area contributed by atoms with Gasteiger partial charge in [-0.15, -0.1) is 0 Å². The average molecular weight is 375 g/mol. The number of nitrogens with zero attached hydrogens (tertiary/aromatic N) is 3. The molecule has 2 aliphatic heterocycles. The van der Waals surface area contributed by atoms with Gasteiger partial charge in [0.2, 0.25) is 5.69 Å². The molecule has 2 aliphatic rings. The summed E-state index contributed by atoms with van der Waals surface area (Å²) in [4.78, 5) is 19.6. The van der Waals surface area contributed by atoms with Crippen molar-refractivity contribution >= 4 is 11.8 Å². The Morgan fingerprint density at radius 1 is 1.33 bits per heavy atom. The van der Waals surface area contributed by atoms with Gasteiger partial charge in [0.15, 0.2) is 0 Å². The summed E-state index contributed by atoms with van der Waals surface area (Å²) < 4.78 is 25.3. The van der Waals surface area contributed by atoms with Crippen molar-refractivity contribution in [1.29, 1.82) is 0 Å². The molecule has 0 radical (unpaired) electrons. The molecule has 0 N–H and O–H groups in total. The molecular formula is C20H26FN3O3. The molecule has 2 atom stereocenters. The van der Waals surface area contributed by atoms with Crippen molar-refractivity contribution < 1.29 is 18.7 Å². The summed E-state index contributed by atoms with van der Waals surface area (Å²) in [5.74, 6) is -0.495. The van der Waals surface area contributed by atoms with Crippen LogP contribution in [0.2, 0.25) is 0 Å². The molecule has 3 rings (SSSR count). The van der Waals surface area contributed by atoms with Crippen molar-refractivity contribution in [3.8, 4) is 0 Å². The third-order valence-electron chi connectivity index (χ3n) is 5.03. The quantitative estimate of drug-likeness (QED) is 0.703. The van der Waals surface area contributed by atoms with Crippen LogP contribution in [0, 0.1) is 19.3 Å². The van der Waals surface area contributed by atoms with Gasteiger partial charge < -0.3 is 14.4 Å². The Morgan fingerprint density at radius 2 is 2.07 bits per heavy atom. The number of carbonyl (C=O) groups excluding carboxylic acids is 1. The van der Waals surface area contributed by atoms with E-state index in [0.717, 1.165) is 12.1 Å². The van der Waals surface area contributed by atoms with Gasteiger partial charge in [0.1, 0.15) is 11.4 Å². The molecule has 6 nitrogen and oxygen atoms in total. The Balaban J connectivity index is 1.67. The molecule has 27 heavy (non-hydrogen) atoms. The zero-order valence-electron chi connectivity index (χ0n) is 16.3. The predicted molar refractivity (Wildman–Crippen MR) is 99.3 cm³/mol. The van der Waals surface area contributed by atoms with Gasteiger partial charge in [0, 0.05) is 26.2 Å². The van der Waals surface area contributed by atoms with E-state index in [9.17, 15) is 9.18 Å².